The van der Waals surface area contributed by atoms with E-state index in [1.807, 2.05) is 0 Å². The summed E-state index contributed by atoms with van der Waals surface area (Å²) in [6, 6.07) is 8.78. The molecule has 0 radical (unpaired) electrons. The Morgan fingerprint density at radius 2 is 1.93 bits per heavy atom. The number of rotatable bonds is 3. The number of hydrogen-bond acceptors (Lipinski definition) is 1. The Hall–Kier alpha value is -0.820. The van der Waals surface area contributed by atoms with Crippen LogP contribution >= 0.6 is 0 Å². The van der Waals surface area contributed by atoms with Gasteiger partial charge in [-0.15, -0.1) is 0 Å². The highest BCUT2D eigenvalue weighted by atomic mass is 16.3. The van der Waals surface area contributed by atoms with Gasteiger partial charge < -0.3 is 5.11 Å². The molecule has 1 nitrogen and oxygen atoms in total. The summed E-state index contributed by atoms with van der Waals surface area (Å²) in [5.41, 5.74) is 2.72. The molecule has 0 heterocycles. The average molecular weight is 190 g/mol. The van der Waals surface area contributed by atoms with E-state index >= 15 is 0 Å². The largest absolute Gasteiger partial charge is 0.396 e. The number of aliphatic hydroxyl groups excluding tert-OH is 1. The lowest BCUT2D eigenvalue weighted by molar-refractivity contribution is 0.273. The molecular formula is C13H18O. The van der Waals surface area contributed by atoms with Crippen molar-refractivity contribution < 1.29 is 5.11 Å². The molecule has 1 N–H and O–H groups in total. The average Bonchev–Trinajstić information content (AvgIpc) is 2.15. The molecule has 2 rings (SSSR count). The van der Waals surface area contributed by atoms with Gasteiger partial charge in [0.15, 0.2) is 0 Å². The molecule has 1 aromatic rings. The van der Waals surface area contributed by atoms with E-state index < -0.39 is 0 Å². The van der Waals surface area contributed by atoms with Crippen LogP contribution in [0.2, 0.25) is 0 Å². The molecule has 0 aromatic heterocycles. The molecule has 0 saturated heterocycles. The van der Waals surface area contributed by atoms with Crippen molar-refractivity contribution in [1.29, 1.82) is 0 Å². The van der Waals surface area contributed by atoms with Crippen LogP contribution in [0.25, 0.3) is 0 Å². The molecule has 1 aliphatic rings. The summed E-state index contributed by atoms with van der Waals surface area (Å²) in [6.07, 6.45) is 4.10. The van der Waals surface area contributed by atoms with Gasteiger partial charge in [0.2, 0.25) is 0 Å². The third-order valence-electron chi connectivity index (χ3n) is 3.36. The van der Waals surface area contributed by atoms with Crippen molar-refractivity contribution in [3.05, 3.63) is 35.4 Å². The first kappa shape index (κ1) is 9.72. The summed E-state index contributed by atoms with van der Waals surface area (Å²) in [6.45, 7) is 2.29. The first-order chi connectivity index (χ1) is 6.81. The van der Waals surface area contributed by atoms with Gasteiger partial charge in [-0.2, -0.15) is 0 Å². The van der Waals surface area contributed by atoms with Gasteiger partial charge in [0.25, 0.3) is 0 Å². The predicted octanol–water partition coefficient (Wildman–Crippen LogP) is 3.05. The van der Waals surface area contributed by atoms with Crippen LogP contribution in [-0.4, -0.2) is 11.7 Å². The molecule has 0 amide bonds. The fourth-order valence-electron chi connectivity index (χ4n) is 1.94. The van der Waals surface area contributed by atoms with Gasteiger partial charge in [-0.25, -0.2) is 0 Å². The highest BCUT2D eigenvalue weighted by molar-refractivity contribution is 5.28. The van der Waals surface area contributed by atoms with E-state index in [0.717, 1.165) is 5.92 Å². The smallest absolute Gasteiger partial charge is 0.0497 e. The summed E-state index contributed by atoms with van der Waals surface area (Å²) in [4.78, 5) is 0. The van der Waals surface area contributed by atoms with Crippen molar-refractivity contribution in [2.24, 2.45) is 0 Å². The Kier molecular flexibility index (Phi) is 2.87. The first-order valence-electron chi connectivity index (χ1n) is 5.52. The van der Waals surface area contributed by atoms with Crippen LogP contribution in [-0.2, 0) is 0 Å². The lowest BCUT2D eigenvalue weighted by atomic mass is 9.79. The van der Waals surface area contributed by atoms with Gasteiger partial charge in [0.1, 0.15) is 0 Å². The molecule has 76 valence electrons. The third-order valence-corrected chi connectivity index (χ3v) is 3.36. The fourth-order valence-corrected chi connectivity index (χ4v) is 1.94. The lowest BCUT2D eigenvalue weighted by Crippen LogP contribution is -2.08. The molecule has 1 heteroatoms. The monoisotopic (exact) mass is 190 g/mol. The molecule has 1 saturated carbocycles. The zero-order valence-corrected chi connectivity index (χ0v) is 8.74. The molecule has 1 fully saturated rings. The van der Waals surface area contributed by atoms with Crippen LogP contribution in [0.1, 0.15) is 49.1 Å². The fraction of sp³-hybridized carbons (Fsp3) is 0.538. The van der Waals surface area contributed by atoms with Gasteiger partial charge in [0, 0.05) is 12.5 Å². The summed E-state index contributed by atoms with van der Waals surface area (Å²) in [7, 11) is 0. The maximum atomic E-state index is 9.02. The van der Waals surface area contributed by atoms with E-state index in [2.05, 4.69) is 31.2 Å². The molecule has 1 aromatic carbocycles. The van der Waals surface area contributed by atoms with Crippen LogP contribution < -0.4 is 0 Å². The Balaban J connectivity index is 2.09. The topological polar surface area (TPSA) is 20.2 Å². The first-order valence-corrected chi connectivity index (χ1v) is 5.52. The third kappa shape index (κ3) is 1.83. The van der Waals surface area contributed by atoms with Gasteiger partial charge in [-0.3, -0.25) is 0 Å². The minimum atomic E-state index is 0.239. The van der Waals surface area contributed by atoms with Crippen molar-refractivity contribution in [2.45, 2.75) is 38.0 Å². The second-order valence-corrected chi connectivity index (χ2v) is 4.38. The summed E-state index contributed by atoms with van der Waals surface area (Å²) in [5, 5.41) is 9.02. The highest BCUT2D eigenvalue weighted by Gasteiger charge is 2.19. The number of aliphatic hydroxyl groups is 1. The quantitative estimate of drug-likeness (QED) is 0.776. The Labute approximate surface area is 85.8 Å². The number of benzene rings is 1. The van der Waals surface area contributed by atoms with Gasteiger partial charge in [0.05, 0.1) is 0 Å². The number of hydrogen-bond donors (Lipinski definition) is 1. The van der Waals surface area contributed by atoms with Crippen molar-refractivity contribution in [2.75, 3.05) is 6.61 Å². The van der Waals surface area contributed by atoms with Crippen molar-refractivity contribution in [1.82, 2.24) is 0 Å². The normalized spacial score (nSPS) is 19.0. The van der Waals surface area contributed by atoms with E-state index in [9.17, 15) is 0 Å². The molecule has 1 atom stereocenters. The molecule has 0 spiro atoms. The minimum Gasteiger partial charge on any atom is -0.396 e. The van der Waals surface area contributed by atoms with Crippen molar-refractivity contribution in [3.63, 3.8) is 0 Å². The molecule has 14 heavy (non-hydrogen) atoms. The van der Waals surface area contributed by atoms with E-state index in [-0.39, 0.29) is 12.5 Å². The van der Waals surface area contributed by atoms with Crippen LogP contribution in [0, 0.1) is 0 Å². The standard InChI is InChI=1S/C13H18O/c1-10(9-14)11-5-7-13(8-6-11)12-3-2-4-12/h5-8,10,12,14H,2-4,9H2,1H3/t10-/m0/s1. The lowest BCUT2D eigenvalue weighted by Gasteiger charge is -2.26. The van der Waals surface area contributed by atoms with Gasteiger partial charge >= 0.3 is 0 Å². The van der Waals surface area contributed by atoms with Crippen molar-refractivity contribution in [3.8, 4) is 0 Å². The Morgan fingerprint density at radius 3 is 2.36 bits per heavy atom. The molecule has 0 aliphatic heterocycles. The molecule has 0 bridgehead atoms. The molecule has 1 aliphatic carbocycles. The van der Waals surface area contributed by atoms with E-state index in [1.54, 1.807) is 0 Å². The Bertz CT molecular complexity index is 261. The van der Waals surface area contributed by atoms with Crippen LogP contribution in [0.15, 0.2) is 24.3 Å². The Morgan fingerprint density at radius 1 is 1.29 bits per heavy atom. The summed E-state index contributed by atoms with van der Waals surface area (Å²) >= 11 is 0. The highest BCUT2D eigenvalue weighted by Crippen LogP contribution is 2.36. The second kappa shape index (κ2) is 4.14. The maximum absolute atomic E-state index is 9.02. The van der Waals surface area contributed by atoms with Crippen LogP contribution in [0.3, 0.4) is 0 Å². The molecular weight excluding hydrogens is 172 g/mol. The predicted molar refractivity (Wildman–Crippen MR) is 58.5 cm³/mol. The van der Waals surface area contributed by atoms with Crippen molar-refractivity contribution >= 4 is 0 Å². The van der Waals surface area contributed by atoms with Gasteiger partial charge in [-0.1, -0.05) is 37.6 Å². The second-order valence-electron chi connectivity index (χ2n) is 4.38. The van der Waals surface area contributed by atoms with E-state index in [1.165, 1.54) is 30.4 Å². The summed E-state index contributed by atoms with van der Waals surface area (Å²) < 4.78 is 0. The minimum absolute atomic E-state index is 0.239. The van der Waals surface area contributed by atoms with Gasteiger partial charge in [-0.05, 0) is 29.9 Å². The maximum Gasteiger partial charge on any atom is 0.0497 e. The van der Waals surface area contributed by atoms with E-state index in [0.29, 0.717) is 0 Å². The van der Waals surface area contributed by atoms with E-state index in [4.69, 9.17) is 5.11 Å². The SMILES string of the molecule is C[C@@H](CO)c1ccc(C2CCC2)cc1. The van der Waals surface area contributed by atoms with Crippen LogP contribution in [0.5, 0.6) is 0 Å². The zero-order chi connectivity index (χ0) is 9.97. The molecule has 0 unspecified atom stereocenters. The zero-order valence-electron chi connectivity index (χ0n) is 8.74. The summed E-state index contributed by atoms with van der Waals surface area (Å²) in [5.74, 6) is 1.08. The van der Waals surface area contributed by atoms with Crippen LogP contribution in [0.4, 0.5) is 0 Å².